The van der Waals surface area contributed by atoms with E-state index in [0.717, 1.165) is 12.0 Å². The molecule has 0 aliphatic heterocycles. The van der Waals surface area contributed by atoms with Crippen molar-refractivity contribution in [2.24, 2.45) is 5.92 Å². The summed E-state index contributed by atoms with van der Waals surface area (Å²) in [5.74, 6) is 0.865. The molecule has 0 radical (unpaired) electrons. The molecule has 2 atom stereocenters. The van der Waals surface area contributed by atoms with Crippen molar-refractivity contribution in [2.45, 2.75) is 58.4 Å². The van der Waals surface area contributed by atoms with Gasteiger partial charge in [0.15, 0.2) is 0 Å². The maximum atomic E-state index is 3.80. The molecule has 120 valence electrons. The highest BCUT2D eigenvalue weighted by atomic mass is 15.2. The average molecular weight is 284 g/mol. The summed E-state index contributed by atoms with van der Waals surface area (Å²) in [6.07, 6.45) is 8.18. The van der Waals surface area contributed by atoms with Gasteiger partial charge in [-0.25, -0.2) is 0 Å². The van der Waals surface area contributed by atoms with Gasteiger partial charge in [-0.3, -0.25) is 0 Å². The summed E-state index contributed by atoms with van der Waals surface area (Å²) in [4.78, 5) is 4.99. The maximum absolute atomic E-state index is 3.80. The van der Waals surface area contributed by atoms with Gasteiger partial charge in [-0.1, -0.05) is 26.7 Å². The fraction of sp³-hybridized carbons (Fsp3) is 1.00. The van der Waals surface area contributed by atoms with E-state index < -0.39 is 0 Å². The molecular formula is C17H37N3. The summed E-state index contributed by atoms with van der Waals surface area (Å²) in [6, 6.07) is 0.766. The second-order valence-electron chi connectivity index (χ2n) is 6.71. The fourth-order valence-electron chi connectivity index (χ4n) is 3.31. The number of hydrogen-bond donors (Lipinski definition) is 1. The molecule has 1 fully saturated rings. The van der Waals surface area contributed by atoms with Crippen LogP contribution in [0.15, 0.2) is 0 Å². The number of nitrogens with zero attached hydrogens (tertiary/aromatic N) is 2. The Morgan fingerprint density at radius 2 is 1.70 bits per heavy atom. The largest absolute Gasteiger partial charge is 0.314 e. The van der Waals surface area contributed by atoms with Crippen molar-refractivity contribution in [2.75, 3.05) is 46.8 Å². The van der Waals surface area contributed by atoms with Crippen molar-refractivity contribution in [3.8, 4) is 0 Å². The molecule has 0 heterocycles. The van der Waals surface area contributed by atoms with Crippen LogP contribution in [0, 0.1) is 5.92 Å². The molecule has 1 aliphatic carbocycles. The quantitative estimate of drug-likeness (QED) is 0.665. The SMILES string of the molecule is CCCNC1CCCCC1CN(CCC)CCN(C)C. The van der Waals surface area contributed by atoms with Gasteiger partial charge in [0.05, 0.1) is 0 Å². The van der Waals surface area contributed by atoms with Gasteiger partial charge in [-0.05, 0) is 58.8 Å². The van der Waals surface area contributed by atoms with Crippen molar-refractivity contribution in [3.63, 3.8) is 0 Å². The molecule has 3 nitrogen and oxygen atoms in total. The van der Waals surface area contributed by atoms with Gasteiger partial charge >= 0.3 is 0 Å². The lowest BCUT2D eigenvalue weighted by atomic mass is 9.84. The van der Waals surface area contributed by atoms with Crippen LogP contribution in [0.2, 0.25) is 0 Å². The summed E-state index contributed by atoms with van der Waals surface area (Å²) < 4.78 is 0. The Balaban J connectivity index is 2.45. The number of hydrogen-bond acceptors (Lipinski definition) is 3. The van der Waals surface area contributed by atoms with E-state index in [9.17, 15) is 0 Å². The molecule has 0 aromatic carbocycles. The van der Waals surface area contributed by atoms with E-state index in [1.165, 1.54) is 71.2 Å². The maximum Gasteiger partial charge on any atom is 0.0109 e. The molecule has 1 N–H and O–H groups in total. The van der Waals surface area contributed by atoms with Crippen molar-refractivity contribution >= 4 is 0 Å². The summed E-state index contributed by atoms with van der Waals surface area (Å²) in [5.41, 5.74) is 0. The van der Waals surface area contributed by atoms with Gasteiger partial charge in [0.25, 0.3) is 0 Å². The Morgan fingerprint density at radius 1 is 0.950 bits per heavy atom. The van der Waals surface area contributed by atoms with Crippen LogP contribution in [0.1, 0.15) is 52.4 Å². The van der Waals surface area contributed by atoms with E-state index >= 15 is 0 Å². The molecule has 1 aliphatic rings. The molecule has 0 saturated heterocycles. The molecule has 0 amide bonds. The van der Waals surface area contributed by atoms with E-state index in [0.29, 0.717) is 0 Å². The minimum Gasteiger partial charge on any atom is -0.314 e. The van der Waals surface area contributed by atoms with Gasteiger partial charge in [-0.15, -0.1) is 0 Å². The summed E-state index contributed by atoms with van der Waals surface area (Å²) in [5, 5.41) is 3.80. The lowest BCUT2D eigenvalue weighted by Gasteiger charge is -2.36. The van der Waals surface area contributed by atoms with Crippen LogP contribution in [-0.4, -0.2) is 62.7 Å². The first-order valence-electron chi connectivity index (χ1n) is 8.77. The van der Waals surface area contributed by atoms with Gasteiger partial charge in [0, 0.05) is 25.7 Å². The third-order valence-electron chi connectivity index (χ3n) is 4.46. The first kappa shape index (κ1) is 17.9. The molecule has 1 rings (SSSR count). The van der Waals surface area contributed by atoms with Crippen molar-refractivity contribution in [1.82, 2.24) is 15.1 Å². The van der Waals surface area contributed by atoms with Crippen LogP contribution < -0.4 is 5.32 Å². The van der Waals surface area contributed by atoms with E-state index in [1.807, 2.05) is 0 Å². The van der Waals surface area contributed by atoms with Crippen LogP contribution in [-0.2, 0) is 0 Å². The normalized spacial score (nSPS) is 23.7. The van der Waals surface area contributed by atoms with E-state index in [-0.39, 0.29) is 0 Å². The molecule has 20 heavy (non-hydrogen) atoms. The Bertz CT molecular complexity index is 230. The number of nitrogens with one attached hydrogen (secondary N) is 1. The zero-order valence-corrected chi connectivity index (χ0v) is 14.3. The van der Waals surface area contributed by atoms with Crippen LogP contribution in [0.4, 0.5) is 0 Å². The van der Waals surface area contributed by atoms with Crippen LogP contribution in [0.25, 0.3) is 0 Å². The lowest BCUT2D eigenvalue weighted by Crippen LogP contribution is -2.45. The van der Waals surface area contributed by atoms with Gasteiger partial charge in [0.2, 0.25) is 0 Å². The molecule has 0 spiro atoms. The monoisotopic (exact) mass is 283 g/mol. The Labute approximate surface area is 127 Å². The molecule has 2 unspecified atom stereocenters. The third-order valence-corrected chi connectivity index (χ3v) is 4.46. The minimum absolute atomic E-state index is 0.766. The molecular weight excluding hydrogens is 246 g/mol. The van der Waals surface area contributed by atoms with Gasteiger partial charge in [-0.2, -0.15) is 0 Å². The minimum atomic E-state index is 0.766. The Kier molecular flexibility index (Phi) is 9.49. The van der Waals surface area contributed by atoms with Crippen LogP contribution >= 0.6 is 0 Å². The second kappa shape index (κ2) is 10.6. The Morgan fingerprint density at radius 3 is 2.35 bits per heavy atom. The third kappa shape index (κ3) is 7.05. The summed E-state index contributed by atoms with van der Waals surface area (Å²) >= 11 is 0. The predicted octanol–water partition coefficient (Wildman–Crippen LogP) is 2.82. The zero-order chi connectivity index (χ0) is 14.8. The van der Waals surface area contributed by atoms with Crippen molar-refractivity contribution < 1.29 is 0 Å². The van der Waals surface area contributed by atoms with E-state index in [2.05, 4.69) is 43.1 Å². The molecule has 0 bridgehead atoms. The highest BCUT2D eigenvalue weighted by Gasteiger charge is 2.26. The molecule has 0 aromatic rings. The highest BCUT2D eigenvalue weighted by molar-refractivity contribution is 4.83. The first-order chi connectivity index (χ1) is 9.67. The van der Waals surface area contributed by atoms with E-state index in [1.54, 1.807) is 0 Å². The van der Waals surface area contributed by atoms with Crippen LogP contribution in [0.5, 0.6) is 0 Å². The number of likely N-dealkylation sites (N-methyl/N-ethyl adjacent to an activating group) is 1. The second-order valence-corrected chi connectivity index (χ2v) is 6.71. The summed E-state index contributed by atoms with van der Waals surface area (Å²) in [7, 11) is 4.35. The summed E-state index contributed by atoms with van der Waals surface area (Å²) in [6.45, 7) is 10.7. The zero-order valence-electron chi connectivity index (χ0n) is 14.3. The average Bonchev–Trinajstić information content (AvgIpc) is 2.44. The predicted molar refractivity (Wildman–Crippen MR) is 89.3 cm³/mol. The highest BCUT2D eigenvalue weighted by Crippen LogP contribution is 2.25. The lowest BCUT2D eigenvalue weighted by molar-refractivity contribution is 0.158. The standard InChI is InChI=1S/C17H37N3/c1-5-11-18-17-10-8-7-9-16(17)15-20(12-6-2)14-13-19(3)4/h16-18H,5-15H2,1-4H3. The van der Waals surface area contributed by atoms with Crippen molar-refractivity contribution in [1.29, 1.82) is 0 Å². The smallest absolute Gasteiger partial charge is 0.0109 e. The number of rotatable bonds is 10. The van der Waals surface area contributed by atoms with Crippen LogP contribution in [0.3, 0.4) is 0 Å². The van der Waals surface area contributed by atoms with Crippen molar-refractivity contribution in [3.05, 3.63) is 0 Å². The first-order valence-corrected chi connectivity index (χ1v) is 8.77. The Hall–Kier alpha value is -0.120. The fourth-order valence-corrected chi connectivity index (χ4v) is 3.31. The van der Waals surface area contributed by atoms with Gasteiger partial charge in [0.1, 0.15) is 0 Å². The van der Waals surface area contributed by atoms with E-state index in [4.69, 9.17) is 0 Å². The molecule has 1 saturated carbocycles. The molecule has 0 aromatic heterocycles. The molecule has 3 heteroatoms. The van der Waals surface area contributed by atoms with Gasteiger partial charge < -0.3 is 15.1 Å². The topological polar surface area (TPSA) is 18.5 Å².